The highest BCUT2D eigenvalue weighted by Crippen LogP contribution is 2.26. The number of hydrogen-bond acceptors (Lipinski definition) is 1. The quantitative estimate of drug-likeness (QED) is 0.518. The van der Waals surface area contributed by atoms with Gasteiger partial charge in [-0.3, -0.25) is 0 Å². The second kappa shape index (κ2) is 7.40. The molecule has 0 fully saturated rings. The number of aryl methyl sites for hydroxylation is 4. The van der Waals surface area contributed by atoms with Crippen molar-refractivity contribution in [2.45, 2.75) is 27.7 Å². The number of benzene rings is 3. The van der Waals surface area contributed by atoms with Crippen molar-refractivity contribution in [3.63, 3.8) is 0 Å². The van der Waals surface area contributed by atoms with Crippen molar-refractivity contribution in [2.75, 3.05) is 5.32 Å². The molecule has 0 bridgehead atoms. The van der Waals surface area contributed by atoms with Gasteiger partial charge in [0.1, 0.15) is 0 Å². The number of rotatable bonds is 4. The van der Waals surface area contributed by atoms with Crippen LogP contribution >= 0.6 is 0 Å². The Hall–Kier alpha value is -2.80. The van der Waals surface area contributed by atoms with E-state index in [1.807, 2.05) is 0 Å². The van der Waals surface area contributed by atoms with Crippen LogP contribution in [0.5, 0.6) is 0 Å². The van der Waals surface area contributed by atoms with Gasteiger partial charge < -0.3 is 5.32 Å². The molecule has 3 aromatic carbocycles. The molecule has 0 atom stereocenters. The number of hydrogen-bond donors (Lipinski definition) is 1. The van der Waals surface area contributed by atoms with Gasteiger partial charge in [0.2, 0.25) is 0 Å². The predicted octanol–water partition coefficient (Wildman–Crippen LogP) is 6.83. The van der Waals surface area contributed by atoms with E-state index in [4.69, 9.17) is 0 Å². The fourth-order valence-corrected chi connectivity index (χ4v) is 3.07. The van der Waals surface area contributed by atoms with Crippen molar-refractivity contribution < 1.29 is 0 Å². The molecule has 0 aliphatic carbocycles. The zero-order chi connectivity index (χ0) is 17.8. The zero-order valence-electron chi connectivity index (χ0n) is 15.4. The van der Waals surface area contributed by atoms with Crippen molar-refractivity contribution >= 4 is 23.5 Å². The van der Waals surface area contributed by atoms with E-state index in [-0.39, 0.29) is 0 Å². The van der Waals surface area contributed by atoms with Crippen LogP contribution in [-0.4, -0.2) is 0 Å². The maximum Gasteiger partial charge on any atom is 0.0443 e. The topological polar surface area (TPSA) is 12.0 Å². The van der Waals surface area contributed by atoms with Crippen LogP contribution in [0.15, 0.2) is 60.7 Å². The highest BCUT2D eigenvalue weighted by molar-refractivity contribution is 5.72. The molecular formula is C24H25N. The summed E-state index contributed by atoms with van der Waals surface area (Å²) >= 11 is 0. The lowest BCUT2D eigenvalue weighted by Crippen LogP contribution is -1.97. The summed E-state index contributed by atoms with van der Waals surface area (Å²) in [6, 6.07) is 21.5. The Morgan fingerprint density at radius 2 is 1.08 bits per heavy atom. The van der Waals surface area contributed by atoms with Gasteiger partial charge in [0, 0.05) is 11.4 Å². The molecule has 0 aliphatic heterocycles. The fraction of sp³-hybridized carbons (Fsp3) is 0.167. The van der Waals surface area contributed by atoms with Crippen molar-refractivity contribution in [2.24, 2.45) is 0 Å². The van der Waals surface area contributed by atoms with E-state index in [0.29, 0.717) is 0 Å². The van der Waals surface area contributed by atoms with Gasteiger partial charge in [-0.15, -0.1) is 0 Å². The van der Waals surface area contributed by atoms with Crippen LogP contribution in [0.3, 0.4) is 0 Å². The van der Waals surface area contributed by atoms with E-state index < -0.39 is 0 Å². The minimum atomic E-state index is 1.11. The first-order valence-electron chi connectivity index (χ1n) is 8.71. The fourth-order valence-electron chi connectivity index (χ4n) is 3.07. The third-order valence-electron chi connectivity index (χ3n) is 4.40. The summed E-state index contributed by atoms with van der Waals surface area (Å²) in [4.78, 5) is 0. The summed E-state index contributed by atoms with van der Waals surface area (Å²) < 4.78 is 0. The minimum absolute atomic E-state index is 1.11. The molecule has 126 valence electrons. The summed E-state index contributed by atoms with van der Waals surface area (Å²) in [6.45, 7) is 8.55. The Labute approximate surface area is 151 Å². The first-order valence-corrected chi connectivity index (χ1v) is 8.71. The molecule has 0 aliphatic rings. The third-order valence-corrected chi connectivity index (χ3v) is 4.40. The van der Waals surface area contributed by atoms with Gasteiger partial charge in [-0.05, 0) is 62.1 Å². The molecule has 0 aromatic heterocycles. The van der Waals surface area contributed by atoms with Gasteiger partial charge in [0.05, 0.1) is 0 Å². The number of anilines is 2. The van der Waals surface area contributed by atoms with Gasteiger partial charge >= 0.3 is 0 Å². The molecular weight excluding hydrogens is 302 g/mol. The molecule has 0 heterocycles. The van der Waals surface area contributed by atoms with Crippen LogP contribution in [-0.2, 0) is 0 Å². The van der Waals surface area contributed by atoms with Crippen molar-refractivity contribution in [3.05, 3.63) is 94.0 Å². The Morgan fingerprint density at radius 3 is 1.60 bits per heavy atom. The average molecular weight is 327 g/mol. The van der Waals surface area contributed by atoms with Crippen LogP contribution in [0.25, 0.3) is 12.2 Å². The second-order valence-corrected chi connectivity index (χ2v) is 6.76. The Bertz CT molecular complexity index is 861. The molecule has 1 N–H and O–H groups in total. The van der Waals surface area contributed by atoms with E-state index in [9.17, 15) is 0 Å². The van der Waals surface area contributed by atoms with E-state index in [1.165, 1.54) is 39.1 Å². The average Bonchev–Trinajstić information content (AvgIpc) is 2.59. The third kappa shape index (κ3) is 4.39. The molecule has 0 saturated heterocycles. The normalized spacial score (nSPS) is 11.0. The standard InChI is InChI=1S/C24H25N/c1-17-5-7-21(8-6-17)9-10-22-11-13-23(14-12-22)25-24-19(3)15-18(2)16-20(24)4/h5-16,25H,1-4H3. The SMILES string of the molecule is Cc1ccc(C=Cc2ccc(Nc3c(C)cc(C)cc3C)cc2)cc1. The van der Waals surface area contributed by atoms with Gasteiger partial charge in [-0.2, -0.15) is 0 Å². The molecule has 0 saturated carbocycles. The smallest absolute Gasteiger partial charge is 0.0443 e. The summed E-state index contributed by atoms with van der Waals surface area (Å²) in [5, 5.41) is 3.55. The van der Waals surface area contributed by atoms with Crippen LogP contribution < -0.4 is 5.32 Å². The van der Waals surface area contributed by atoms with Gasteiger partial charge in [-0.25, -0.2) is 0 Å². The summed E-state index contributed by atoms with van der Waals surface area (Å²) in [6.07, 6.45) is 4.30. The maximum absolute atomic E-state index is 3.55. The molecule has 0 unspecified atom stereocenters. The largest absolute Gasteiger partial charge is 0.355 e. The molecule has 25 heavy (non-hydrogen) atoms. The molecule has 0 spiro atoms. The summed E-state index contributed by atoms with van der Waals surface area (Å²) in [5.41, 5.74) is 9.88. The lowest BCUT2D eigenvalue weighted by Gasteiger charge is -2.14. The van der Waals surface area contributed by atoms with Gasteiger partial charge in [0.25, 0.3) is 0 Å². The van der Waals surface area contributed by atoms with E-state index in [1.54, 1.807) is 0 Å². The highest BCUT2D eigenvalue weighted by Gasteiger charge is 2.04. The maximum atomic E-state index is 3.55. The predicted molar refractivity (Wildman–Crippen MR) is 110 cm³/mol. The molecule has 3 aromatic rings. The van der Waals surface area contributed by atoms with Gasteiger partial charge in [0.15, 0.2) is 0 Å². The van der Waals surface area contributed by atoms with Crippen molar-refractivity contribution in [3.8, 4) is 0 Å². The Balaban J connectivity index is 1.73. The lowest BCUT2D eigenvalue weighted by atomic mass is 10.0. The summed E-state index contributed by atoms with van der Waals surface area (Å²) in [5.74, 6) is 0. The van der Waals surface area contributed by atoms with Crippen LogP contribution in [0.4, 0.5) is 11.4 Å². The van der Waals surface area contributed by atoms with Gasteiger partial charge in [-0.1, -0.05) is 71.8 Å². The van der Waals surface area contributed by atoms with Crippen LogP contribution in [0.2, 0.25) is 0 Å². The second-order valence-electron chi connectivity index (χ2n) is 6.76. The molecule has 0 amide bonds. The number of nitrogens with one attached hydrogen (secondary N) is 1. The van der Waals surface area contributed by atoms with Crippen molar-refractivity contribution in [1.82, 2.24) is 0 Å². The Kier molecular flexibility index (Phi) is 5.04. The minimum Gasteiger partial charge on any atom is -0.355 e. The Morgan fingerprint density at radius 1 is 0.600 bits per heavy atom. The van der Waals surface area contributed by atoms with E-state index in [2.05, 4.69) is 106 Å². The zero-order valence-corrected chi connectivity index (χ0v) is 15.4. The highest BCUT2D eigenvalue weighted by atomic mass is 14.9. The molecule has 1 heteroatoms. The lowest BCUT2D eigenvalue weighted by molar-refractivity contribution is 1.31. The first kappa shape index (κ1) is 17.0. The first-order chi connectivity index (χ1) is 12.0. The van der Waals surface area contributed by atoms with Crippen molar-refractivity contribution in [1.29, 1.82) is 0 Å². The molecule has 3 rings (SSSR count). The monoisotopic (exact) mass is 327 g/mol. The van der Waals surface area contributed by atoms with Crippen LogP contribution in [0.1, 0.15) is 33.4 Å². The molecule has 0 radical (unpaired) electrons. The van der Waals surface area contributed by atoms with Crippen LogP contribution in [0, 0.1) is 27.7 Å². The van der Waals surface area contributed by atoms with E-state index >= 15 is 0 Å². The van der Waals surface area contributed by atoms with E-state index in [0.717, 1.165) is 5.69 Å². The molecule has 1 nitrogen and oxygen atoms in total. The summed E-state index contributed by atoms with van der Waals surface area (Å²) in [7, 11) is 0.